The minimum Gasteiger partial charge on any atom is -0.396 e. The molecule has 19 heavy (non-hydrogen) atoms. The molecule has 0 atom stereocenters. The predicted molar refractivity (Wildman–Crippen MR) is 71.6 cm³/mol. The lowest BCUT2D eigenvalue weighted by Crippen LogP contribution is -1.92. The molecule has 0 aromatic carbocycles. The van der Waals surface area contributed by atoms with Gasteiger partial charge < -0.3 is 4.84 Å². The Kier molecular flexibility index (Phi) is 6.93. The van der Waals surface area contributed by atoms with Crippen LogP contribution < -0.4 is 0 Å². The van der Waals surface area contributed by atoms with Gasteiger partial charge in [0, 0.05) is 18.4 Å². The Labute approximate surface area is 117 Å². The lowest BCUT2D eigenvalue weighted by Gasteiger charge is -1.96. The highest BCUT2D eigenvalue weighted by Crippen LogP contribution is 2.27. The predicted octanol–water partition coefficient (Wildman–Crippen LogP) is 4.46. The molecule has 106 valence electrons. The zero-order valence-corrected chi connectivity index (χ0v) is 12.1. The van der Waals surface area contributed by atoms with E-state index in [0.29, 0.717) is 16.7 Å². The summed E-state index contributed by atoms with van der Waals surface area (Å²) in [6.07, 6.45) is -0.916. The van der Waals surface area contributed by atoms with E-state index in [4.69, 9.17) is 4.84 Å². The van der Waals surface area contributed by atoms with Gasteiger partial charge in [0.1, 0.15) is 10.9 Å². The summed E-state index contributed by atoms with van der Waals surface area (Å²) in [5, 5.41) is 3.87. The molecule has 0 bridgehead atoms. The summed E-state index contributed by atoms with van der Waals surface area (Å²) >= 11 is 2.60. The first-order valence-electron chi connectivity index (χ1n) is 5.49. The van der Waals surface area contributed by atoms with Gasteiger partial charge in [-0.25, -0.2) is 9.37 Å². The molecule has 0 aliphatic carbocycles. The van der Waals surface area contributed by atoms with E-state index >= 15 is 0 Å². The van der Waals surface area contributed by atoms with Crippen molar-refractivity contribution in [1.82, 2.24) is 4.98 Å². The molecule has 1 rings (SSSR count). The Morgan fingerprint density at radius 2 is 2.21 bits per heavy atom. The Morgan fingerprint density at radius 1 is 1.47 bits per heavy atom. The number of halogens is 3. The molecule has 0 saturated heterocycles. The summed E-state index contributed by atoms with van der Waals surface area (Å²) in [5.74, 6) is -1.14. The van der Waals surface area contributed by atoms with E-state index in [1.165, 1.54) is 23.1 Å². The molecule has 0 saturated carbocycles. The topological polar surface area (TPSA) is 34.5 Å². The monoisotopic (exact) mass is 310 g/mol. The van der Waals surface area contributed by atoms with Crippen LogP contribution in [0.15, 0.2) is 27.6 Å². The van der Waals surface area contributed by atoms with Crippen LogP contribution in [0.5, 0.6) is 0 Å². The highest BCUT2D eigenvalue weighted by Gasteiger charge is 2.08. The van der Waals surface area contributed by atoms with E-state index < -0.39 is 11.9 Å². The normalized spacial score (nSPS) is 11.5. The fourth-order valence-electron chi connectivity index (χ4n) is 1.02. The number of thiazole rings is 1. The van der Waals surface area contributed by atoms with Crippen molar-refractivity contribution >= 4 is 28.8 Å². The molecule has 0 unspecified atom stereocenters. The van der Waals surface area contributed by atoms with Crippen molar-refractivity contribution in [3.8, 4) is 0 Å². The van der Waals surface area contributed by atoms with E-state index in [-0.39, 0.29) is 12.2 Å². The third-order valence-electron chi connectivity index (χ3n) is 1.92. The second-order valence-corrected chi connectivity index (χ2v) is 5.72. The van der Waals surface area contributed by atoms with Gasteiger partial charge in [-0.05, 0) is 13.8 Å². The number of rotatable bonds is 7. The van der Waals surface area contributed by atoms with Crippen molar-refractivity contribution in [3.05, 3.63) is 23.0 Å². The van der Waals surface area contributed by atoms with E-state index in [2.05, 4.69) is 10.1 Å². The highest BCUT2D eigenvalue weighted by molar-refractivity contribution is 8.01. The average molecular weight is 310 g/mol. The standard InChI is InChI=1S/C11H13F3N2OS2/c1-3-17-16-7(2)9-6-15-11(19-9)18-5-4-8(12)10(13)14/h6H,3-5H2,1-2H3/b16-7-. The molecule has 1 aromatic rings. The van der Waals surface area contributed by atoms with Crippen molar-refractivity contribution in [2.24, 2.45) is 5.16 Å². The lowest BCUT2D eigenvalue weighted by atomic mass is 10.4. The van der Waals surface area contributed by atoms with Gasteiger partial charge in [-0.15, -0.1) is 11.3 Å². The van der Waals surface area contributed by atoms with Gasteiger partial charge in [0.2, 0.25) is 0 Å². The van der Waals surface area contributed by atoms with Crippen LogP contribution in [-0.2, 0) is 4.84 Å². The van der Waals surface area contributed by atoms with Gasteiger partial charge in [-0.1, -0.05) is 16.9 Å². The van der Waals surface area contributed by atoms with Gasteiger partial charge in [0.15, 0.2) is 5.83 Å². The number of thioether (sulfide) groups is 1. The molecular formula is C11H13F3N2OS2. The van der Waals surface area contributed by atoms with Crippen LogP contribution in [0.2, 0.25) is 0 Å². The van der Waals surface area contributed by atoms with Crippen LogP contribution in [-0.4, -0.2) is 23.1 Å². The number of nitrogens with zero attached hydrogens (tertiary/aromatic N) is 2. The zero-order valence-electron chi connectivity index (χ0n) is 10.5. The number of hydrogen-bond acceptors (Lipinski definition) is 5. The smallest absolute Gasteiger partial charge is 0.301 e. The molecule has 0 amide bonds. The summed E-state index contributed by atoms with van der Waals surface area (Å²) in [7, 11) is 0. The number of aromatic nitrogens is 1. The first kappa shape index (κ1) is 16.0. The van der Waals surface area contributed by atoms with E-state index in [0.717, 1.165) is 4.88 Å². The van der Waals surface area contributed by atoms with E-state index in [9.17, 15) is 13.2 Å². The highest BCUT2D eigenvalue weighted by atomic mass is 32.2. The quantitative estimate of drug-likeness (QED) is 0.423. The molecule has 0 spiro atoms. The van der Waals surface area contributed by atoms with Crippen molar-refractivity contribution in [2.75, 3.05) is 12.4 Å². The molecule has 0 aliphatic heterocycles. The molecular weight excluding hydrogens is 297 g/mol. The molecule has 1 aromatic heterocycles. The molecule has 0 aliphatic rings. The summed E-state index contributed by atoms with van der Waals surface area (Å²) in [6.45, 7) is 4.10. The summed E-state index contributed by atoms with van der Waals surface area (Å²) in [5.41, 5.74) is 0.701. The largest absolute Gasteiger partial charge is 0.396 e. The molecule has 0 fully saturated rings. The molecule has 0 N–H and O–H groups in total. The van der Waals surface area contributed by atoms with Crippen molar-refractivity contribution in [1.29, 1.82) is 0 Å². The summed E-state index contributed by atoms with van der Waals surface area (Å²) in [4.78, 5) is 9.86. The molecule has 8 heteroatoms. The number of oxime groups is 1. The van der Waals surface area contributed by atoms with Crippen molar-refractivity contribution < 1.29 is 18.0 Å². The SMILES string of the molecule is CCO/N=C(/C)c1cnc(SCCC(F)=C(F)F)s1. The molecule has 3 nitrogen and oxygen atoms in total. The maximum absolute atomic E-state index is 12.6. The fourth-order valence-corrected chi connectivity index (χ4v) is 2.94. The van der Waals surface area contributed by atoms with Crippen LogP contribution in [0.1, 0.15) is 25.1 Å². The Bertz CT molecular complexity index is 470. The second kappa shape index (κ2) is 8.21. The summed E-state index contributed by atoms with van der Waals surface area (Å²) in [6, 6.07) is 0. The summed E-state index contributed by atoms with van der Waals surface area (Å²) < 4.78 is 36.9. The first-order chi connectivity index (χ1) is 9.04. The third-order valence-corrected chi connectivity index (χ3v) is 4.19. The number of allylic oxidation sites excluding steroid dienone is 1. The van der Waals surface area contributed by atoms with Crippen LogP contribution >= 0.6 is 23.1 Å². The minimum absolute atomic E-state index is 0.220. The van der Waals surface area contributed by atoms with Crippen molar-refractivity contribution in [2.45, 2.75) is 24.6 Å². The Morgan fingerprint density at radius 3 is 2.84 bits per heavy atom. The number of hydrogen-bond donors (Lipinski definition) is 0. The third kappa shape index (κ3) is 5.65. The Hall–Kier alpha value is -1.02. The van der Waals surface area contributed by atoms with Crippen LogP contribution in [0.25, 0.3) is 0 Å². The van der Waals surface area contributed by atoms with Gasteiger partial charge in [-0.3, -0.25) is 0 Å². The van der Waals surface area contributed by atoms with Crippen molar-refractivity contribution in [3.63, 3.8) is 0 Å². The maximum Gasteiger partial charge on any atom is 0.301 e. The van der Waals surface area contributed by atoms with Gasteiger partial charge in [0.25, 0.3) is 0 Å². The van der Waals surface area contributed by atoms with Crippen LogP contribution in [0.3, 0.4) is 0 Å². The lowest BCUT2D eigenvalue weighted by molar-refractivity contribution is 0.159. The second-order valence-electron chi connectivity index (χ2n) is 3.35. The first-order valence-corrected chi connectivity index (χ1v) is 7.30. The molecule has 0 radical (unpaired) electrons. The zero-order chi connectivity index (χ0) is 14.3. The maximum atomic E-state index is 12.6. The minimum atomic E-state index is -2.25. The van der Waals surface area contributed by atoms with Crippen LogP contribution in [0, 0.1) is 0 Å². The van der Waals surface area contributed by atoms with Gasteiger partial charge >= 0.3 is 6.08 Å². The Balaban J connectivity index is 2.49. The van der Waals surface area contributed by atoms with Gasteiger partial charge in [0.05, 0.1) is 10.6 Å². The van der Waals surface area contributed by atoms with Gasteiger partial charge in [-0.2, -0.15) is 8.78 Å². The van der Waals surface area contributed by atoms with Crippen LogP contribution in [0.4, 0.5) is 13.2 Å². The van der Waals surface area contributed by atoms with E-state index in [1.54, 1.807) is 13.1 Å². The molecule has 1 heterocycles. The average Bonchev–Trinajstić information content (AvgIpc) is 2.84. The van der Waals surface area contributed by atoms with E-state index in [1.807, 2.05) is 6.92 Å². The fraction of sp³-hybridized carbons (Fsp3) is 0.455.